The van der Waals surface area contributed by atoms with Crippen LogP contribution in [-0.4, -0.2) is 74.4 Å². The van der Waals surface area contributed by atoms with Crippen molar-refractivity contribution in [1.82, 2.24) is 4.57 Å². The number of rotatable bonds is 6. The second-order valence-corrected chi connectivity index (χ2v) is 10.4. The van der Waals surface area contributed by atoms with E-state index in [0.29, 0.717) is 5.69 Å². The highest BCUT2D eigenvalue weighted by Gasteiger charge is 2.31. The number of halogens is 9. The smallest absolute Gasteiger partial charge is 0.542 e. The van der Waals surface area contributed by atoms with E-state index < -0.39 is 47.9 Å². The summed E-state index contributed by atoms with van der Waals surface area (Å²) in [6.45, 7) is 6.04. The van der Waals surface area contributed by atoms with Gasteiger partial charge in [-0.25, -0.2) is 4.98 Å². The number of alkyl halides is 9. The van der Waals surface area contributed by atoms with Gasteiger partial charge in [-0.15, -0.1) is 13.2 Å². The van der Waals surface area contributed by atoms with Crippen LogP contribution in [0.4, 0.5) is 51.0 Å². The molecule has 274 valence electrons. The Morgan fingerprint density at radius 1 is 0.880 bits per heavy atom. The number of quaternary nitrogens is 1. The van der Waals surface area contributed by atoms with Gasteiger partial charge in [0.05, 0.1) is 19.8 Å². The number of hydrogen-bond donors (Lipinski definition) is 2. The second kappa shape index (κ2) is 16.9. The number of H-pyrrole nitrogens is 1. The number of likely N-dealkylation sites (N-methyl/N-ethyl adjacent to an activating group) is 1. The number of aromatic nitrogens is 2. The first-order chi connectivity index (χ1) is 23.0. The SMILES string of the molecule is Cc1ccc(C(=O)Nc2ccc(OC(F)(F)F)cc2)c(=O)n1Cc1cc[nH+]c(N2CC[NH+](C)CC2)c1.O=C([O-])C(F)(F)F.O=C([O-])C(F)(F)F. The monoisotopic (exact) mass is 729 g/mol. The fourth-order valence-electron chi connectivity index (χ4n) is 4.07. The van der Waals surface area contributed by atoms with E-state index in [4.69, 9.17) is 19.8 Å². The van der Waals surface area contributed by atoms with Crippen LogP contribution in [-0.2, 0) is 16.1 Å². The summed E-state index contributed by atoms with van der Waals surface area (Å²) < 4.78 is 105. The van der Waals surface area contributed by atoms with Gasteiger partial charge in [0, 0.05) is 17.4 Å². The zero-order valence-electron chi connectivity index (χ0n) is 25.9. The lowest BCUT2D eigenvalue weighted by atomic mass is 10.2. The van der Waals surface area contributed by atoms with Crippen molar-refractivity contribution < 1.29 is 78.7 Å². The Hall–Kier alpha value is -5.34. The van der Waals surface area contributed by atoms with Gasteiger partial charge in [-0.3, -0.25) is 14.5 Å². The minimum atomic E-state index is -5.19. The highest BCUT2D eigenvalue weighted by atomic mass is 19.4. The standard InChI is InChI=1S/C25H26F3N5O3.2C2HF3O2/c1-17-3-8-21(23(34)30-19-4-6-20(7-5-19)36-25(26,27)28)24(35)33(17)16-18-9-10-29-22(15-18)32-13-11-31(2)12-14-32;2*3-2(4,5)1(6)7/h3-10,15H,11-14,16H2,1-2H3,(H,30,34);2*(H,6,7). The molecule has 3 heterocycles. The molecule has 21 heteroatoms. The van der Waals surface area contributed by atoms with Crippen LogP contribution in [0.5, 0.6) is 5.75 Å². The number of aryl methyl sites for hydroxylation is 1. The summed E-state index contributed by atoms with van der Waals surface area (Å²) in [4.78, 5) is 50.6. The minimum Gasteiger partial charge on any atom is -0.542 e. The largest absolute Gasteiger partial charge is 0.573 e. The van der Waals surface area contributed by atoms with Crippen LogP contribution in [0.2, 0.25) is 0 Å². The van der Waals surface area contributed by atoms with E-state index in [0.717, 1.165) is 49.7 Å². The third-order valence-electron chi connectivity index (χ3n) is 6.59. The third kappa shape index (κ3) is 13.3. The average molecular weight is 730 g/mol. The van der Waals surface area contributed by atoms with Crippen molar-refractivity contribution in [3.05, 3.63) is 81.9 Å². The number of aromatic amines is 1. The van der Waals surface area contributed by atoms with Crippen molar-refractivity contribution in [3.8, 4) is 5.75 Å². The number of ether oxygens (including phenoxy) is 1. The van der Waals surface area contributed by atoms with Gasteiger partial charge in [0.1, 0.15) is 49.4 Å². The molecule has 3 aromatic rings. The summed E-state index contributed by atoms with van der Waals surface area (Å²) in [6, 6.07) is 11.8. The lowest BCUT2D eigenvalue weighted by molar-refractivity contribution is -0.880. The van der Waals surface area contributed by atoms with Crippen LogP contribution in [0.3, 0.4) is 0 Å². The third-order valence-corrected chi connectivity index (χ3v) is 6.59. The molecule has 0 radical (unpaired) electrons. The molecule has 1 saturated heterocycles. The maximum Gasteiger partial charge on any atom is 0.573 e. The lowest BCUT2D eigenvalue weighted by Crippen LogP contribution is -3.12. The highest BCUT2D eigenvalue weighted by Crippen LogP contribution is 2.24. The Kier molecular flexibility index (Phi) is 13.8. The summed E-state index contributed by atoms with van der Waals surface area (Å²) in [5.74, 6) is -6.09. The Bertz CT molecular complexity index is 1660. The maximum absolute atomic E-state index is 13.2. The quantitative estimate of drug-likeness (QED) is 0.338. The topological polar surface area (TPSA) is 162 Å². The minimum absolute atomic E-state index is 0.0685. The predicted molar refractivity (Wildman–Crippen MR) is 150 cm³/mol. The van der Waals surface area contributed by atoms with E-state index >= 15 is 0 Å². The number of nitrogens with zero attached hydrogens (tertiary/aromatic N) is 2. The average Bonchev–Trinajstić information content (AvgIpc) is 2.99. The van der Waals surface area contributed by atoms with Crippen molar-refractivity contribution in [3.63, 3.8) is 0 Å². The molecular formula is C29H28F9N5O7. The molecule has 0 bridgehead atoms. The summed E-state index contributed by atoms with van der Waals surface area (Å²) in [5.41, 5.74) is 1.32. The summed E-state index contributed by atoms with van der Waals surface area (Å²) in [7, 11) is 2.17. The lowest BCUT2D eigenvalue weighted by Gasteiger charge is -2.25. The molecule has 0 atom stereocenters. The summed E-state index contributed by atoms with van der Waals surface area (Å²) >= 11 is 0. The number of carboxylic acids is 2. The molecule has 12 nitrogen and oxygen atoms in total. The second-order valence-electron chi connectivity index (χ2n) is 10.4. The number of carbonyl (C=O) groups is 3. The highest BCUT2D eigenvalue weighted by molar-refractivity contribution is 6.04. The molecule has 4 rings (SSSR count). The Morgan fingerprint density at radius 2 is 1.40 bits per heavy atom. The van der Waals surface area contributed by atoms with E-state index in [9.17, 15) is 49.1 Å². The zero-order chi connectivity index (χ0) is 38.0. The zero-order valence-corrected chi connectivity index (χ0v) is 25.9. The van der Waals surface area contributed by atoms with Crippen LogP contribution in [0.25, 0.3) is 0 Å². The Labute approximate surface area is 276 Å². The molecule has 0 spiro atoms. The van der Waals surface area contributed by atoms with E-state index in [1.165, 1.54) is 27.7 Å². The van der Waals surface area contributed by atoms with Crippen molar-refractivity contribution in [2.75, 3.05) is 43.4 Å². The first-order valence-electron chi connectivity index (χ1n) is 14.0. The van der Waals surface area contributed by atoms with Gasteiger partial charge in [-0.1, -0.05) is 0 Å². The van der Waals surface area contributed by atoms with E-state index in [1.54, 1.807) is 13.0 Å². The fraction of sp³-hybridized carbons (Fsp3) is 0.345. The van der Waals surface area contributed by atoms with Crippen LogP contribution in [0.15, 0.2) is 59.5 Å². The van der Waals surface area contributed by atoms with E-state index in [2.05, 4.69) is 27.0 Å². The number of aliphatic carboxylic acids is 2. The molecular weight excluding hydrogens is 701 g/mol. The summed E-state index contributed by atoms with van der Waals surface area (Å²) in [5, 5.41) is 20.1. The van der Waals surface area contributed by atoms with Crippen molar-refractivity contribution in [2.24, 2.45) is 0 Å². The number of carboxylic acid groups (broad SMARTS) is 2. The van der Waals surface area contributed by atoms with Crippen LogP contribution < -0.4 is 40.6 Å². The Morgan fingerprint density at radius 3 is 1.88 bits per heavy atom. The molecule has 1 aromatic carbocycles. The molecule has 1 aliphatic rings. The number of benzene rings is 1. The van der Waals surface area contributed by atoms with Gasteiger partial charge in [0.2, 0.25) is 0 Å². The van der Waals surface area contributed by atoms with Crippen LogP contribution in [0, 0.1) is 6.92 Å². The van der Waals surface area contributed by atoms with Crippen molar-refractivity contribution >= 4 is 29.4 Å². The molecule has 3 N–H and O–H groups in total. The van der Waals surface area contributed by atoms with E-state index in [-0.39, 0.29) is 17.8 Å². The molecule has 1 aliphatic heterocycles. The van der Waals surface area contributed by atoms with Gasteiger partial charge in [0.15, 0.2) is 0 Å². The van der Waals surface area contributed by atoms with Gasteiger partial charge in [-0.05, 0) is 55.0 Å². The number of amides is 1. The molecule has 0 saturated carbocycles. The first kappa shape index (κ1) is 40.8. The predicted octanol–water partition coefficient (Wildman–Crippen LogP) is 0.102. The Balaban J connectivity index is 0.000000521. The fourth-order valence-corrected chi connectivity index (χ4v) is 4.07. The number of nitrogens with one attached hydrogen (secondary N) is 3. The van der Waals surface area contributed by atoms with Crippen molar-refractivity contribution in [1.29, 1.82) is 0 Å². The molecule has 0 unspecified atom stereocenters. The van der Waals surface area contributed by atoms with Crippen LogP contribution >= 0.6 is 0 Å². The van der Waals surface area contributed by atoms with Gasteiger partial charge < -0.3 is 39.3 Å². The molecule has 50 heavy (non-hydrogen) atoms. The number of anilines is 2. The molecule has 2 aromatic heterocycles. The van der Waals surface area contributed by atoms with E-state index in [1.807, 2.05) is 18.3 Å². The number of hydrogen-bond acceptors (Lipinski definition) is 8. The number of pyridine rings is 2. The normalized spacial score (nSPS) is 13.6. The molecule has 1 fully saturated rings. The van der Waals surface area contributed by atoms with Crippen molar-refractivity contribution in [2.45, 2.75) is 32.2 Å². The van der Waals surface area contributed by atoms with Gasteiger partial charge in [0.25, 0.3) is 17.3 Å². The summed E-state index contributed by atoms with van der Waals surface area (Å²) in [6.07, 6.45) is -13.3. The van der Waals surface area contributed by atoms with Crippen LogP contribution in [0.1, 0.15) is 21.6 Å². The number of piperazine rings is 1. The number of carbonyl (C=O) groups excluding carboxylic acids is 3. The molecule has 1 amide bonds. The first-order valence-corrected chi connectivity index (χ1v) is 14.0. The van der Waals surface area contributed by atoms with Gasteiger partial charge in [-0.2, -0.15) is 26.3 Å². The maximum atomic E-state index is 13.2. The van der Waals surface area contributed by atoms with Gasteiger partial charge >= 0.3 is 18.7 Å². The molecule has 0 aliphatic carbocycles.